The highest BCUT2D eigenvalue weighted by Gasteiger charge is 2.20. The Morgan fingerprint density at radius 2 is 1.89 bits per heavy atom. The van der Waals surface area contributed by atoms with Crippen molar-refractivity contribution in [2.75, 3.05) is 6.61 Å². The van der Waals surface area contributed by atoms with E-state index in [0.29, 0.717) is 0 Å². The summed E-state index contributed by atoms with van der Waals surface area (Å²) in [5.41, 5.74) is 0. The lowest BCUT2D eigenvalue weighted by molar-refractivity contribution is 0.00954. The molecule has 2 atom stereocenters. The number of aliphatic hydroxyl groups excluding tert-OH is 2. The maximum absolute atomic E-state index is 12.5. The maximum atomic E-state index is 12.5. The van der Waals surface area contributed by atoms with Crippen molar-refractivity contribution in [1.82, 2.24) is 0 Å². The van der Waals surface area contributed by atoms with Gasteiger partial charge >= 0.3 is 0 Å². The van der Waals surface area contributed by atoms with Crippen LogP contribution in [-0.4, -0.2) is 29.1 Å². The van der Waals surface area contributed by atoms with Gasteiger partial charge in [-0.05, 0) is 5.92 Å². The Labute approximate surface area is 54.3 Å². The molecule has 0 aromatic rings. The number of rotatable bonds is 3. The van der Waals surface area contributed by atoms with E-state index in [4.69, 9.17) is 10.2 Å². The quantitative estimate of drug-likeness (QED) is 0.587. The fourth-order valence-corrected chi connectivity index (χ4v) is 0.545. The third-order valence-electron chi connectivity index (χ3n) is 1.19. The maximum Gasteiger partial charge on any atom is 0.130 e. The van der Waals surface area contributed by atoms with E-state index in [9.17, 15) is 4.39 Å². The van der Waals surface area contributed by atoms with Gasteiger partial charge in [0.1, 0.15) is 12.3 Å². The highest BCUT2D eigenvalue weighted by Crippen LogP contribution is 2.09. The van der Waals surface area contributed by atoms with Gasteiger partial charge in [-0.25, -0.2) is 4.39 Å². The van der Waals surface area contributed by atoms with E-state index < -0.39 is 18.9 Å². The fraction of sp³-hybridized carbons (Fsp3) is 1.00. The van der Waals surface area contributed by atoms with E-state index in [1.165, 1.54) is 0 Å². The van der Waals surface area contributed by atoms with Gasteiger partial charge in [-0.1, -0.05) is 13.8 Å². The molecule has 2 unspecified atom stereocenters. The van der Waals surface area contributed by atoms with Gasteiger partial charge in [0.15, 0.2) is 0 Å². The lowest BCUT2D eigenvalue weighted by Crippen LogP contribution is -2.29. The zero-order valence-electron chi connectivity index (χ0n) is 5.71. The van der Waals surface area contributed by atoms with Crippen LogP contribution in [0.1, 0.15) is 13.8 Å². The highest BCUT2D eigenvalue weighted by molar-refractivity contribution is 4.68. The van der Waals surface area contributed by atoms with Gasteiger partial charge in [0, 0.05) is 0 Å². The fourth-order valence-electron chi connectivity index (χ4n) is 0.545. The van der Waals surface area contributed by atoms with Crippen LogP contribution in [0.3, 0.4) is 0 Å². The first kappa shape index (κ1) is 8.85. The van der Waals surface area contributed by atoms with Crippen LogP contribution >= 0.6 is 0 Å². The standard InChI is InChI=1S/C6H13FO2/c1-4(2)6(7)5(9)3-8/h4-6,8-9H,3H2,1-2H3. The van der Waals surface area contributed by atoms with Gasteiger partial charge in [-0.15, -0.1) is 0 Å². The minimum atomic E-state index is -1.31. The molecule has 0 rings (SSSR count). The van der Waals surface area contributed by atoms with Crippen molar-refractivity contribution in [2.24, 2.45) is 5.92 Å². The highest BCUT2D eigenvalue weighted by atomic mass is 19.1. The summed E-state index contributed by atoms with van der Waals surface area (Å²) in [4.78, 5) is 0. The molecular formula is C6H13FO2. The normalized spacial score (nSPS) is 18.0. The van der Waals surface area contributed by atoms with E-state index in [0.717, 1.165) is 0 Å². The minimum absolute atomic E-state index is 0.229. The number of alkyl halides is 1. The SMILES string of the molecule is CC(C)C(F)C(O)CO. The molecule has 0 aromatic carbocycles. The van der Waals surface area contributed by atoms with Gasteiger partial charge in [-0.3, -0.25) is 0 Å². The van der Waals surface area contributed by atoms with E-state index in [1.807, 2.05) is 0 Å². The second-order valence-electron chi connectivity index (χ2n) is 2.44. The number of halogens is 1. The number of hydrogen-bond acceptors (Lipinski definition) is 2. The van der Waals surface area contributed by atoms with Crippen molar-refractivity contribution < 1.29 is 14.6 Å². The summed E-state index contributed by atoms with van der Waals surface area (Å²) < 4.78 is 12.5. The molecule has 0 spiro atoms. The van der Waals surface area contributed by atoms with Gasteiger partial charge in [0.25, 0.3) is 0 Å². The summed E-state index contributed by atoms with van der Waals surface area (Å²) in [7, 11) is 0. The predicted molar refractivity (Wildman–Crippen MR) is 32.8 cm³/mol. The van der Waals surface area contributed by atoms with Gasteiger partial charge in [-0.2, -0.15) is 0 Å². The Hall–Kier alpha value is -0.150. The Bertz CT molecular complexity index is 75.5. The summed E-state index contributed by atoms with van der Waals surface area (Å²) in [6.07, 6.45) is -2.53. The predicted octanol–water partition coefficient (Wildman–Crippen LogP) is 0.334. The van der Waals surface area contributed by atoms with Crippen molar-refractivity contribution in [3.8, 4) is 0 Å². The lowest BCUT2D eigenvalue weighted by Gasteiger charge is -2.15. The molecule has 0 amide bonds. The minimum Gasteiger partial charge on any atom is -0.394 e. The first-order chi connectivity index (χ1) is 4.09. The summed E-state index contributed by atoms with van der Waals surface area (Å²) in [5.74, 6) is -0.229. The van der Waals surface area contributed by atoms with Crippen LogP contribution in [0.15, 0.2) is 0 Å². The molecule has 0 aromatic heterocycles. The van der Waals surface area contributed by atoms with Gasteiger partial charge in [0.2, 0.25) is 0 Å². The molecule has 0 radical (unpaired) electrons. The van der Waals surface area contributed by atoms with Crippen molar-refractivity contribution >= 4 is 0 Å². The molecule has 0 heterocycles. The van der Waals surface area contributed by atoms with Crippen molar-refractivity contribution in [1.29, 1.82) is 0 Å². The third kappa shape index (κ3) is 2.77. The average molecular weight is 136 g/mol. The van der Waals surface area contributed by atoms with Crippen LogP contribution in [0.5, 0.6) is 0 Å². The van der Waals surface area contributed by atoms with Crippen LogP contribution in [0.25, 0.3) is 0 Å². The molecule has 0 bridgehead atoms. The molecule has 0 saturated carbocycles. The number of aliphatic hydroxyl groups is 2. The average Bonchev–Trinajstić information content (AvgIpc) is 1.84. The zero-order valence-corrected chi connectivity index (χ0v) is 5.71. The van der Waals surface area contributed by atoms with Crippen LogP contribution in [-0.2, 0) is 0 Å². The Balaban J connectivity index is 3.58. The van der Waals surface area contributed by atoms with Crippen molar-refractivity contribution in [3.63, 3.8) is 0 Å². The molecule has 0 fully saturated rings. The molecular weight excluding hydrogens is 123 g/mol. The Morgan fingerprint density at radius 1 is 1.44 bits per heavy atom. The molecule has 2 nitrogen and oxygen atoms in total. The summed E-state index contributed by atoms with van der Waals surface area (Å²) in [5, 5.41) is 16.9. The van der Waals surface area contributed by atoms with Gasteiger partial charge in [0.05, 0.1) is 6.61 Å². The smallest absolute Gasteiger partial charge is 0.130 e. The van der Waals surface area contributed by atoms with Crippen LogP contribution in [0.4, 0.5) is 4.39 Å². The van der Waals surface area contributed by atoms with Crippen LogP contribution in [0.2, 0.25) is 0 Å². The molecule has 3 heteroatoms. The second-order valence-corrected chi connectivity index (χ2v) is 2.44. The van der Waals surface area contributed by atoms with Crippen LogP contribution in [0, 0.1) is 5.92 Å². The topological polar surface area (TPSA) is 40.5 Å². The van der Waals surface area contributed by atoms with E-state index in [-0.39, 0.29) is 5.92 Å². The molecule has 2 N–H and O–H groups in total. The molecule has 0 aliphatic rings. The zero-order chi connectivity index (χ0) is 7.44. The molecule has 0 saturated heterocycles. The number of hydrogen-bond donors (Lipinski definition) is 2. The second kappa shape index (κ2) is 3.80. The van der Waals surface area contributed by atoms with Crippen molar-refractivity contribution in [2.45, 2.75) is 26.1 Å². The molecule has 56 valence electrons. The lowest BCUT2D eigenvalue weighted by atomic mass is 10.0. The van der Waals surface area contributed by atoms with Crippen molar-refractivity contribution in [3.05, 3.63) is 0 Å². The van der Waals surface area contributed by atoms with E-state index in [1.54, 1.807) is 13.8 Å². The summed E-state index contributed by atoms with van der Waals surface area (Å²) >= 11 is 0. The molecule has 9 heavy (non-hydrogen) atoms. The monoisotopic (exact) mass is 136 g/mol. The Kier molecular flexibility index (Phi) is 3.73. The van der Waals surface area contributed by atoms with E-state index in [2.05, 4.69) is 0 Å². The Morgan fingerprint density at radius 3 is 2.00 bits per heavy atom. The largest absolute Gasteiger partial charge is 0.394 e. The third-order valence-corrected chi connectivity index (χ3v) is 1.19. The van der Waals surface area contributed by atoms with Gasteiger partial charge < -0.3 is 10.2 Å². The van der Waals surface area contributed by atoms with Crippen LogP contribution < -0.4 is 0 Å². The molecule has 0 aliphatic carbocycles. The van der Waals surface area contributed by atoms with E-state index >= 15 is 0 Å². The summed E-state index contributed by atoms with van der Waals surface area (Å²) in [6, 6.07) is 0. The summed E-state index contributed by atoms with van der Waals surface area (Å²) in [6.45, 7) is 2.81. The first-order valence-corrected chi connectivity index (χ1v) is 3.02. The first-order valence-electron chi connectivity index (χ1n) is 3.02. The molecule has 0 aliphatic heterocycles.